The zero-order valence-electron chi connectivity index (χ0n) is 5.53. The standard InChI is InChI=1S/C6H8O4/c1-3(7)10-5-2-4(5)6(8)9/h4-5H,2H2,1H3,(H,8,9)/t4-,5+/m0/s1. The molecule has 0 radical (unpaired) electrons. The number of hydrogen-bond donors (Lipinski definition) is 1. The molecule has 0 saturated heterocycles. The zero-order valence-corrected chi connectivity index (χ0v) is 5.53. The van der Waals surface area contributed by atoms with E-state index in [4.69, 9.17) is 5.11 Å². The van der Waals surface area contributed by atoms with Crippen LogP contribution in [-0.4, -0.2) is 23.1 Å². The molecule has 0 amide bonds. The van der Waals surface area contributed by atoms with E-state index >= 15 is 0 Å². The number of esters is 1. The maximum absolute atomic E-state index is 10.2. The molecular formula is C6H8O4. The van der Waals surface area contributed by atoms with Gasteiger partial charge in [-0.05, 0) is 0 Å². The van der Waals surface area contributed by atoms with Gasteiger partial charge in [-0.1, -0.05) is 0 Å². The highest BCUT2D eigenvalue weighted by atomic mass is 16.5. The largest absolute Gasteiger partial charge is 0.481 e. The van der Waals surface area contributed by atoms with Gasteiger partial charge in [0, 0.05) is 13.3 Å². The highest BCUT2D eigenvalue weighted by Crippen LogP contribution is 2.33. The van der Waals surface area contributed by atoms with Crippen molar-refractivity contribution in [3.63, 3.8) is 0 Å². The second kappa shape index (κ2) is 2.28. The molecule has 1 fully saturated rings. The van der Waals surface area contributed by atoms with Crippen LogP contribution in [0.15, 0.2) is 0 Å². The van der Waals surface area contributed by atoms with Gasteiger partial charge in [0.1, 0.15) is 6.10 Å². The monoisotopic (exact) mass is 144 g/mol. The number of carbonyl (C=O) groups is 2. The van der Waals surface area contributed by atoms with E-state index in [-0.39, 0.29) is 6.10 Å². The lowest BCUT2D eigenvalue weighted by Crippen LogP contribution is -2.07. The van der Waals surface area contributed by atoms with Crippen LogP contribution >= 0.6 is 0 Å². The number of hydrogen-bond acceptors (Lipinski definition) is 3. The molecule has 0 aromatic heterocycles. The summed E-state index contributed by atoms with van der Waals surface area (Å²) in [5.41, 5.74) is 0. The highest BCUT2D eigenvalue weighted by molar-refractivity contribution is 5.75. The normalized spacial score (nSPS) is 29.3. The van der Waals surface area contributed by atoms with Crippen molar-refractivity contribution in [3.8, 4) is 0 Å². The fraction of sp³-hybridized carbons (Fsp3) is 0.667. The van der Waals surface area contributed by atoms with E-state index < -0.39 is 17.9 Å². The molecule has 4 heteroatoms. The number of aliphatic carboxylic acids is 1. The van der Waals surface area contributed by atoms with Gasteiger partial charge < -0.3 is 9.84 Å². The summed E-state index contributed by atoms with van der Waals surface area (Å²) in [6, 6.07) is 0. The van der Waals surface area contributed by atoms with Crippen LogP contribution in [0.2, 0.25) is 0 Å². The second-order valence-electron chi connectivity index (χ2n) is 2.33. The van der Waals surface area contributed by atoms with E-state index in [9.17, 15) is 9.59 Å². The summed E-state index contributed by atoms with van der Waals surface area (Å²) in [4.78, 5) is 20.4. The number of ether oxygens (including phenoxy) is 1. The van der Waals surface area contributed by atoms with Crippen molar-refractivity contribution >= 4 is 11.9 Å². The van der Waals surface area contributed by atoms with Gasteiger partial charge in [0.2, 0.25) is 0 Å². The van der Waals surface area contributed by atoms with E-state index in [1.807, 2.05) is 0 Å². The molecule has 1 N–H and O–H groups in total. The van der Waals surface area contributed by atoms with Gasteiger partial charge >= 0.3 is 11.9 Å². The lowest BCUT2D eigenvalue weighted by Gasteiger charge is -1.95. The fourth-order valence-electron chi connectivity index (χ4n) is 0.775. The van der Waals surface area contributed by atoms with Gasteiger partial charge in [0.25, 0.3) is 0 Å². The van der Waals surface area contributed by atoms with Crippen LogP contribution in [-0.2, 0) is 14.3 Å². The molecule has 1 aliphatic carbocycles. The van der Waals surface area contributed by atoms with E-state index in [0.29, 0.717) is 6.42 Å². The minimum absolute atomic E-state index is 0.366. The Hall–Kier alpha value is -1.06. The van der Waals surface area contributed by atoms with Gasteiger partial charge in [-0.3, -0.25) is 9.59 Å². The van der Waals surface area contributed by atoms with Crippen LogP contribution in [0.1, 0.15) is 13.3 Å². The van der Waals surface area contributed by atoms with Gasteiger partial charge in [-0.2, -0.15) is 0 Å². The predicted octanol–water partition coefficient (Wildman–Crippen LogP) is 0.0226. The number of carboxylic acid groups (broad SMARTS) is 1. The van der Waals surface area contributed by atoms with Crippen LogP contribution in [0.25, 0.3) is 0 Å². The van der Waals surface area contributed by atoms with Crippen LogP contribution < -0.4 is 0 Å². The smallest absolute Gasteiger partial charge is 0.310 e. The maximum Gasteiger partial charge on any atom is 0.310 e. The van der Waals surface area contributed by atoms with E-state index in [2.05, 4.69) is 4.74 Å². The van der Waals surface area contributed by atoms with Crippen molar-refractivity contribution in [2.75, 3.05) is 0 Å². The van der Waals surface area contributed by atoms with E-state index in [1.165, 1.54) is 6.92 Å². The molecule has 2 atom stereocenters. The molecule has 0 unspecified atom stereocenters. The molecule has 56 valence electrons. The Morgan fingerprint density at radius 3 is 2.50 bits per heavy atom. The van der Waals surface area contributed by atoms with Crippen LogP contribution in [0.3, 0.4) is 0 Å². The molecule has 0 heterocycles. The minimum Gasteiger partial charge on any atom is -0.481 e. The SMILES string of the molecule is CC(=O)O[C@@H]1C[C@@H]1C(=O)O. The van der Waals surface area contributed by atoms with Gasteiger partial charge in [0.15, 0.2) is 0 Å². The molecule has 0 aromatic carbocycles. The molecule has 0 aliphatic heterocycles. The van der Waals surface area contributed by atoms with Crippen molar-refractivity contribution < 1.29 is 19.4 Å². The molecule has 0 aromatic rings. The molecule has 1 aliphatic rings. The van der Waals surface area contributed by atoms with E-state index in [1.54, 1.807) is 0 Å². The average molecular weight is 144 g/mol. The molecule has 0 spiro atoms. The quantitative estimate of drug-likeness (QED) is 0.555. The predicted molar refractivity (Wildman–Crippen MR) is 31.3 cm³/mol. The third-order valence-electron chi connectivity index (χ3n) is 1.37. The molecule has 4 nitrogen and oxygen atoms in total. The molecule has 1 rings (SSSR count). The van der Waals surface area contributed by atoms with Crippen LogP contribution in [0.5, 0.6) is 0 Å². The number of carboxylic acids is 1. The summed E-state index contributed by atoms with van der Waals surface area (Å²) >= 11 is 0. The minimum atomic E-state index is -0.883. The van der Waals surface area contributed by atoms with E-state index in [0.717, 1.165) is 0 Å². The topological polar surface area (TPSA) is 63.6 Å². The van der Waals surface area contributed by atoms with Crippen molar-refractivity contribution in [3.05, 3.63) is 0 Å². The molecular weight excluding hydrogens is 136 g/mol. The fourth-order valence-corrected chi connectivity index (χ4v) is 0.775. The Labute approximate surface area is 57.8 Å². The summed E-state index contributed by atoms with van der Waals surface area (Å²) in [5, 5.41) is 8.35. The lowest BCUT2D eigenvalue weighted by molar-refractivity contribution is -0.145. The van der Waals surface area contributed by atoms with Crippen molar-refractivity contribution in [2.45, 2.75) is 19.4 Å². The Bertz CT molecular complexity index is 175. The summed E-state index contributed by atoms with van der Waals surface area (Å²) in [6.07, 6.45) is 0.101. The third-order valence-corrected chi connectivity index (χ3v) is 1.37. The first-order valence-corrected chi connectivity index (χ1v) is 3.01. The van der Waals surface area contributed by atoms with Crippen molar-refractivity contribution in [1.82, 2.24) is 0 Å². The number of carbonyl (C=O) groups excluding carboxylic acids is 1. The summed E-state index contributed by atoms with van der Waals surface area (Å²) in [5.74, 6) is -1.75. The Balaban J connectivity index is 2.26. The number of rotatable bonds is 2. The first-order valence-electron chi connectivity index (χ1n) is 3.01. The summed E-state index contributed by atoms with van der Waals surface area (Å²) < 4.78 is 4.62. The third kappa shape index (κ3) is 1.46. The van der Waals surface area contributed by atoms with Crippen molar-refractivity contribution in [2.24, 2.45) is 5.92 Å². The molecule has 0 bridgehead atoms. The zero-order chi connectivity index (χ0) is 7.72. The Morgan fingerprint density at radius 2 is 2.20 bits per heavy atom. The van der Waals surface area contributed by atoms with Crippen LogP contribution in [0, 0.1) is 5.92 Å². The Kier molecular flexibility index (Phi) is 1.61. The van der Waals surface area contributed by atoms with Gasteiger partial charge in [-0.25, -0.2) is 0 Å². The van der Waals surface area contributed by atoms with Gasteiger partial charge in [-0.15, -0.1) is 0 Å². The summed E-state index contributed by atoms with van der Waals surface area (Å²) in [7, 11) is 0. The first kappa shape index (κ1) is 7.05. The lowest BCUT2D eigenvalue weighted by atomic mass is 10.4. The second-order valence-corrected chi connectivity index (χ2v) is 2.33. The highest BCUT2D eigenvalue weighted by Gasteiger charge is 2.46. The maximum atomic E-state index is 10.2. The van der Waals surface area contributed by atoms with Crippen LogP contribution in [0.4, 0.5) is 0 Å². The average Bonchev–Trinajstić information content (AvgIpc) is 2.43. The molecule has 1 saturated carbocycles. The first-order chi connectivity index (χ1) is 4.61. The Morgan fingerprint density at radius 1 is 1.60 bits per heavy atom. The van der Waals surface area contributed by atoms with Gasteiger partial charge in [0.05, 0.1) is 5.92 Å². The molecule has 10 heavy (non-hydrogen) atoms. The summed E-state index contributed by atoms with van der Waals surface area (Å²) in [6.45, 7) is 1.28. The van der Waals surface area contributed by atoms with Crippen molar-refractivity contribution in [1.29, 1.82) is 0 Å².